The first-order chi connectivity index (χ1) is 22.0. The fourth-order valence-electron chi connectivity index (χ4n) is 5.74. The fraction of sp³-hybridized carbons (Fsp3) is 0.780. The molecular weight excluding hydrogens is 554 g/mol. The first-order valence-corrected chi connectivity index (χ1v) is 19.1. The van der Waals surface area contributed by atoms with Crippen LogP contribution in [0.5, 0.6) is 0 Å². The van der Waals surface area contributed by atoms with Gasteiger partial charge in [-0.3, -0.25) is 0 Å². The summed E-state index contributed by atoms with van der Waals surface area (Å²) in [5.41, 5.74) is 0. The summed E-state index contributed by atoms with van der Waals surface area (Å²) < 4.78 is 5.20. The van der Waals surface area contributed by atoms with E-state index < -0.39 is 6.16 Å². The molecule has 0 aromatic heterocycles. The molecule has 0 bridgehead atoms. The van der Waals surface area contributed by atoms with Crippen LogP contribution in [-0.2, 0) is 4.74 Å². The SMILES string of the molecule is CCCCC/C=C\C/C=C\CCCCCCCC(CCCCCCC/C=C\C/C=C\CCCC(C)CCCN(C)C)OC(=O)O. The molecule has 0 radical (unpaired) electrons. The number of unbranched alkanes of at least 4 members (excludes halogenated alkanes) is 14. The highest BCUT2D eigenvalue weighted by Gasteiger charge is 2.13. The summed E-state index contributed by atoms with van der Waals surface area (Å²) in [4.78, 5) is 13.4. The minimum absolute atomic E-state index is 0.132. The first kappa shape index (κ1) is 43.2. The van der Waals surface area contributed by atoms with Gasteiger partial charge in [-0.05, 0) is 129 Å². The lowest BCUT2D eigenvalue weighted by atomic mass is 9.98. The maximum atomic E-state index is 11.1. The highest BCUT2D eigenvalue weighted by atomic mass is 16.7. The number of hydrogen-bond donors (Lipinski definition) is 1. The molecule has 0 aromatic carbocycles. The van der Waals surface area contributed by atoms with Crippen molar-refractivity contribution in [2.75, 3.05) is 20.6 Å². The number of carboxylic acid groups (broad SMARTS) is 1. The monoisotopic (exact) mass is 630 g/mol. The summed E-state index contributed by atoms with van der Waals surface area (Å²) in [5, 5.41) is 9.14. The van der Waals surface area contributed by atoms with Crippen LogP contribution in [0.3, 0.4) is 0 Å². The standard InChI is InChI=1S/C41H75NO3/c1-5-6-7-8-9-10-11-12-13-16-19-22-25-28-31-36-40(45-41(43)44)37-32-29-26-23-20-17-14-15-18-21-24-27-30-34-39(2)35-33-38-42(3)4/h9-10,12-15,21,24,39-40H,5-8,11,16-20,22-23,25-38H2,1-4H3,(H,43,44)/b10-9-,13-12-,15-14-,24-21-. The van der Waals surface area contributed by atoms with Gasteiger partial charge >= 0.3 is 6.16 Å². The van der Waals surface area contributed by atoms with Gasteiger partial charge < -0.3 is 14.7 Å². The summed E-state index contributed by atoms with van der Waals surface area (Å²) in [6.45, 7) is 5.85. The fourth-order valence-corrected chi connectivity index (χ4v) is 5.74. The topological polar surface area (TPSA) is 49.8 Å². The predicted molar refractivity (Wildman–Crippen MR) is 198 cm³/mol. The van der Waals surface area contributed by atoms with Crippen molar-refractivity contribution in [1.82, 2.24) is 4.90 Å². The second-order valence-corrected chi connectivity index (χ2v) is 13.5. The molecule has 0 saturated heterocycles. The highest BCUT2D eigenvalue weighted by molar-refractivity contribution is 5.57. The third kappa shape index (κ3) is 36.5. The lowest BCUT2D eigenvalue weighted by Gasteiger charge is -2.15. The van der Waals surface area contributed by atoms with Gasteiger partial charge in [-0.1, -0.05) is 120 Å². The van der Waals surface area contributed by atoms with E-state index in [1.807, 2.05) is 0 Å². The Morgan fingerprint density at radius 2 is 1.00 bits per heavy atom. The Hall–Kier alpha value is -1.81. The molecule has 0 aliphatic rings. The third-order valence-corrected chi connectivity index (χ3v) is 8.62. The second-order valence-electron chi connectivity index (χ2n) is 13.5. The lowest BCUT2D eigenvalue weighted by molar-refractivity contribution is 0.0422. The average molecular weight is 630 g/mol. The molecule has 4 heteroatoms. The van der Waals surface area contributed by atoms with E-state index in [1.165, 1.54) is 122 Å². The normalized spacial score (nSPS) is 13.7. The van der Waals surface area contributed by atoms with Crippen molar-refractivity contribution in [3.63, 3.8) is 0 Å². The summed E-state index contributed by atoms with van der Waals surface area (Å²) >= 11 is 0. The Bertz CT molecular complexity index is 739. The first-order valence-electron chi connectivity index (χ1n) is 19.1. The zero-order valence-corrected chi connectivity index (χ0v) is 30.4. The molecule has 0 spiro atoms. The van der Waals surface area contributed by atoms with E-state index in [2.05, 4.69) is 81.5 Å². The van der Waals surface area contributed by atoms with Crippen LogP contribution in [0.15, 0.2) is 48.6 Å². The number of allylic oxidation sites excluding steroid dienone is 8. The molecule has 0 fully saturated rings. The van der Waals surface area contributed by atoms with Gasteiger partial charge in [0.25, 0.3) is 0 Å². The van der Waals surface area contributed by atoms with E-state index in [1.54, 1.807) is 0 Å². The summed E-state index contributed by atoms with van der Waals surface area (Å²) in [7, 11) is 4.31. The molecule has 0 amide bonds. The van der Waals surface area contributed by atoms with Crippen LogP contribution in [-0.4, -0.2) is 42.9 Å². The van der Waals surface area contributed by atoms with Gasteiger partial charge in [-0.2, -0.15) is 0 Å². The van der Waals surface area contributed by atoms with E-state index in [0.717, 1.165) is 50.9 Å². The summed E-state index contributed by atoms with van der Waals surface area (Å²) in [6, 6.07) is 0. The van der Waals surface area contributed by atoms with E-state index in [9.17, 15) is 4.79 Å². The average Bonchev–Trinajstić information content (AvgIpc) is 3.00. The van der Waals surface area contributed by atoms with Gasteiger partial charge in [-0.25, -0.2) is 4.79 Å². The summed E-state index contributed by atoms with van der Waals surface area (Å²) in [6.07, 6.45) is 47.1. The molecule has 0 saturated carbocycles. The van der Waals surface area contributed by atoms with Gasteiger partial charge in [0, 0.05) is 0 Å². The van der Waals surface area contributed by atoms with Crippen LogP contribution in [0.2, 0.25) is 0 Å². The number of rotatable bonds is 33. The highest BCUT2D eigenvalue weighted by Crippen LogP contribution is 2.18. The van der Waals surface area contributed by atoms with Gasteiger partial charge in [0.1, 0.15) is 6.10 Å². The zero-order valence-electron chi connectivity index (χ0n) is 30.4. The molecule has 0 aromatic rings. The van der Waals surface area contributed by atoms with Crippen molar-refractivity contribution in [3.8, 4) is 0 Å². The Morgan fingerprint density at radius 1 is 0.578 bits per heavy atom. The molecule has 0 rings (SSSR count). The van der Waals surface area contributed by atoms with Gasteiger partial charge in [-0.15, -0.1) is 0 Å². The van der Waals surface area contributed by atoms with Crippen molar-refractivity contribution in [2.45, 2.75) is 180 Å². The third-order valence-electron chi connectivity index (χ3n) is 8.62. The van der Waals surface area contributed by atoms with E-state index in [4.69, 9.17) is 9.84 Å². The minimum Gasteiger partial charge on any atom is -0.450 e. The Labute approximate surface area is 280 Å². The Kier molecular flexibility index (Phi) is 33.6. The van der Waals surface area contributed by atoms with Crippen molar-refractivity contribution in [3.05, 3.63) is 48.6 Å². The Morgan fingerprint density at radius 3 is 1.47 bits per heavy atom. The predicted octanol–water partition coefficient (Wildman–Crippen LogP) is 13.2. The number of hydrogen-bond acceptors (Lipinski definition) is 3. The zero-order chi connectivity index (χ0) is 33.1. The molecule has 2 atom stereocenters. The molecule has 1 N–H and O–H groups in total. The number of ether oxygens (including phenoxy) is 1. The van der Waals surface area contributed by atoms with Crippen LogP contribution in [0.1, 0.15) is 174 Å². The smallest absolute Gasteiger partial charge is 0.450 e. The maximum Gasteiger partial charge on any atom is 0.506 e. The quantitative estimate of drug-likeness (QED) is 0.0446. The van der Waals surface area contributed by atoms with Gasteiger partial charge in [0.05, 0.1) is 0 Å². The molecular formula is C41H75NO3. The van der Waals surface area contributed by atoms with Crippen molar-refractivity contribution in [1.29, 1.82) is 0 Å². The molecule has 2 unspecified atom stereocenters. The molecule has 0 aliphatic carbocycles. The summed E-state index contributed by atoms with van der Waals surface area (Å²) in [5.74, 6) is 0.846. The maximum absolute atomic E-state index is 11.1. The number of carbonyl (C=O) groups is 1. The van der Waals surface area contributed by atoms with E-state index in [-0.39, 0.29) is 6.10 Å². The van der Waals surface area contributed by atoms with Crippen LogP contribution in [0.4, 0.5) is 4.79 Å². The molecule has 45 heavy (non-hydrogen) atoms. The van der Waals surface area contributed by atoms with Gasteiger partial charge in [0.15, 0.2) is 0 Å². The Balaban J connectivity index is 3.67. The minimum atomic E-state index is -1.12. The molecule has 262 valence electrons. The van der Waals surface area contributed by atoms with Crippen LogP contribution < -0.4 is 0 Å². The second kappa shape index (κ2) is 35.1. The van der Waals surface area contributed by atoms with Crippen molar-refractivity contribution < 1.29 is 14.6 Å². The van der Waals surface area contributed by atoms with E-state index in [0.29, 0.717) is 0 Å². The lowest BCUT2D eigenvalue weighted by Crippen LogP contribution is -2.16. The van der Waals surface area contributed by atoms with Crippen LogP contribution >= 0.6 is 0 Å². The molecule has 4 nitrogen and oxygen atoms in total. The molecule has 0 aliphatic heterocycles. The number of nitrogens with zero attached hydrogens (tertiary/aromatic N) is 1. The van der Waals surface area contributed by atoms with Gasteiger partial charge in [0.2, 0.25) is 0 Å². The van der Waals surface area contributed by atoms with Crippen LogP contribution in [0, 0.1) is 5.92 Å². The largest absolute Gasteiger partial charge is 0.506 e. The van der Waals surface area contributed by atoms with E-state index >= 15 is 0 Å². The molecule has 0 heterocycles. The van der Waals surface area contributed by atoms with Crippen molar-refractivity contribution >= 4 is 6.16 Å². The van der Waals surface area contributed by atoms with Crippen LogP contribution in [0.25, 0.3) is 0 Å². The van der Waals surface area contributed by atoms with Crippen molar-refractivity contribution in [2.24, 2.45) is 5.92 Å².